The fourth-order valence-corrected chi connectivity index (χ4v) is 4.45. The topological polar surface area (TPSA) is 68.5 Å². The van der Waals surface area contributed by atoms with E-state index < -0.39 is 0 Å². The lowest BCUT2D eigenvalue weighted by Crippen LogP contribution is -2.51. The standard InChI is InChI=1S/C22H24N6O2/c1-26-11-18(12-26)30-17-6-8-27(13-17)20-5-4-16(9-24-20)28-10-15-14-29-22-19(21(15)25-28)3-2-7-23-22/h2-5,7,9-10,17-18H,6,8,11-14H2,1H3. The van der Waals surface area contributed by atoms with Gasteiger partial charge < -0.3 is 19.3 Å². The summed E-state index contributed by atoms with van der Waals surface area (Å²) in [6, 6.07) is 8.04. The summed E-state index contributed by atoms with van der Waals surface area (Å²) >= 11 is 0. The quantitative estimate of drug-likeness (QED) is 0.660. The number of likely N-dealkylation sites (N-methyl/N-ethyl adjacent to an activating group) is 1. The van der Waals surface area contributed by atoms with E-state index in [2.05, 4.69) is 34.0 Å². The molecular formula is C22H24N6O2. The molecule has 0 saturated carbocycles. The molecule has 2 fully saturated rings. The number of pyridine rings is 2. The molecule has 8 nitrogen and oxygen atoms in total. The van der Waals surface area contributed by atoms with Crippen LogP contribution in [0.25, 0.3) is 16.9 Å². The van der Waals surface area contributed by atoms with E-state index in [1.54, 1.807) is 6.20 Å². The molecule has 6 rings (SSSR count). The van der Waals surface area contributed by atoms with E-state index in [-0.39, 0.29) is 0 Å². The van der Waals surface area contributed by atoms with Crippen LogP contribution < -0.4 is 9.64 Å². The zero-order chi connectivity index (χ0) is 20.1. The van der Waals surface area contributed by atoms with Crippen LogP contribution >= 0.6 is 0 Å². The van der Waals surface area contributed by atoms with E-state index in [0.717, 1.165) is 60.9 Å². The maximum atomic E-state index is 6.20. The van der Waals surface area contributed by atoms with Gasteiger partial charge in [-0.2, -0.15) is 5.10 Å². The summed E-state index contributed by atoms with van der Waals surface area (Å²) in [6.45, 7) is 4.46. The molecule has 3 aromatic heterocycles. The molecule has 6 heterocycles. The van der Waals surface area contributed by atoms with Gasteiger partial charge in [0, 0.05) is 44.1 Å². The van der Waals surface area contributed by atoms with Gasteiger partial charge in [0.1, 0.15) is 18.1 Å². The highest BCUT2D eigenvalue weighted by molar-refractivity contribution is 5.69. The molecular weight excluding hydrogens is 380 g/mol. The van der Waals surface area contributed by atoms with E-state index in [9.17, 15) is 0 Å². The van der Waals surface area contributed by atoms with Crippen LogP contribution in [0.4, 0.5) is 5.82 Å². The smallest absolute Gasteiger partial charge is 0.223 e. The van der Waals surface area contributed by atoms with E-state index in [0.29, 0.717) is 24.7 Å². The molecule has 0 radical (unpaired) electrons. The molecule has 1 atom stereocenters. The van der Waals surface area contributed by atoms with Crippen molar-refractivity contribution >= 4 is 5.82 Å². The number of anilines is 1. The Morgan fingerprint density at radius 2 is 2.03 bits per heavy atom. The van der Waals surface area contributed by atoms with Crippen LogP contribution in [-0.4, -0.2) is 70.1 Å². The average Bonchev–Trinajstić information content (AvgIpc) is 3.40. The van der Waals surface area contributed by atoms with Gasteiger partial charge in [-0.1, -0.05) is 0 Å². The maximum absolute atomic E-state index is 6.20. The fourth-order valence-electron chi connectivity index (χ4n) is 4.45. The Balaban J connectivity index is 1.16. The molecule has 0 aromatic carbocycles. The van der Waals surface area contributed by atoms with Gasteiger partial charge in [-0.05, 0) is 37.7 Å². The molecule has 8 heteroatoms. The van der Waals surface area contributed by atoms with Crippen molar-refractivity contribution in [3.63, 3.8) is 0 Å². The van der Waals surface area contributed by atoms with Gasteiger partial charge in [0.2, 0.25) is 5.88 Å². The van der Waals surface area contributed by atoms with E-state index in [4.69, 9.17) is 19.6 Å². The lowest BCUT2D eigenvalue weighted by molar-refractivity contribution is -0.0760. The van der Waals surface area contributed by atoms with E-state index in [1.807, 2.05) is 29.2 Å². The Kier molecular flexibility index (Phi) is 4.21. The number of fused-ring (bicyclic) bond motifs is 3. The lowest BCUT2D eigenvalue weighted by atomic mass is 10.1. The highest BCUT2D eigenvalue weighted by Gasteiger charge is 2.31. The van der Waals surface area contributed by atoms with Crippen LogP contribution in [0.1, 0.15) is 12.0 Å². The first-order valence-electron chi connectivity index (χ1n) is 10.4. The number of hydrogen-bond donors (Lipinski definition) is 0. The summed E-state index contributed by atoms with van der Waals surface area (Å²) in [4.78, 5) is 13.6. The van der Waals surface area contributed by atoms with Crippen molar-refractivity contribution in [2.75, 3.05) is 38.1 Å². The van der Waals surface area contributed by atoms with Gasteiger partial charge in [0.05, 0.1) is 29.7 Å². The van der Waals surface area contributed by atoms with Crippen LogP contribution in [0, 0.1) is 0 Å². The van der Waals surface area contributed by atoms with Crippen LogP contribution in [0.5, 0.6) is 5.88 Å². The second-order valence-electron chi connectivity index (χ2n) is 8.30. The molecule has 3 aliphatic heterocycles. The van der Waals surface area contributed by atoms with E-state index >= 15 is 0 Å². The normalized spacial score (nSPS) is 21.1. The third-order valence-corrected chi connectivity index (χ3v) is 6.06. The molecule has 3 aliphatic rings. The average molecular weight is 404 g/mol. The summed E-state index contributed by atoms with van der Waals surface area (Å²) < 4.78 is 13.8. The zero-order valence-electron chi connectivity index (χ0n) is 16.9. The molecule has 0 bridgehead atoms. The van der Waals surface area contributed by atoms with Crippen LogP contribution in [0.15, 0.2) is 42.9 Å². The highest BCUT2D eigenvalue weighted by atomic mass is 16.5. The second-order valence-corrected chi connectivity index (χ2v) is 8.30. The largest absolute Gasteiger partial charge is 0.472 e. The maximum Gasteiger partial charge on any atom is 0.223 e. The molecule has 0 aliphatic carbocycles. The Hall–Kier alpha value is -2.97. The summed E-state index contributed by atoms with van der Waals surface area (Å²) in [6.07, 6.45) is 7.39. The van der Waals surface area contributed by atoms with Gasteiger partial charge in [-0.3, -0.25) is 0 Å². The Morgan fingerprint density at radius 1 is 1.10 bits per heavy atom. The summed E-state index contributed by atoms with van der Waals surface area (Å²) in [5.74, 6) is 1.63. The summed E-state index contributed by atoms with van der Waals surface area (Å²) in [5, 5.41) is 4.78. The van der Waals surface area contributed by atoms with Crippen LogP contribution in [0.3, 0.4) is 0 Å². The highest BCUT2D eigenvalue weighted by Crippen LogP contribution is 2.35. The number of rotatable bonds is 4. The molecule has 1 unspecified atom stereocenters. The SMILES string of the molecule is CN1CC(OC2CCN(c3ccc(-n4cc5c(n4)-c4cccnc4OC5)cn3)C2)C1. The number of hydrogen-bond acceptors (Lipinski definition) is 7. The van der Waals surface area contributed by atoms with Crippen molar-refractivity contribution in [2.24, 2.45) is 0 Å². The van der Waals surface area contributed by atoms with Crippen LogP contribution in [-0.2, 0) is 11.3 Å². The second kappa shape index (κ2) is 7.07. The molecule has 154 valence electrons. The number of likely N-dealkylation sites (tertiary alicyclic amines) is 1. The van der Waals surface area contributed by atoms with Gasteiger partial charge in [-0.25, -0.2) is 14.6 Å². The van der Waals surface area contributed by atoms with Crippen molar-refractivity contribution in [3.05, 3.63) is 48.4 Å². The van der Waals surface area contributed by atoms with E-state index in [1.165, 1.54) is 0 Å². The predicted molar refractivity (Wildman–Crippen MR) is 112 cm³/mol. The van der Waals surface area contributed by atoms with Crippen molar-refractivity contribution in [1.29, 1.82) is 0 Å². The van der Waals surface area contributed by atoms with Gasteiger partial charge in [0.25, 0.3) is 0 Å². The molecule has 30 heavy (non-hydrogen) atoms. The predicted octanol–water partition coefficient (Wildman–Crippen LogP) is 2.13. The summed E-state index contributed by atoms with van der Waals surface area (Å²) in [5.41, 5.74) is 3.85. The van der Waals surface area contributed by atoms with Gasteiger partial charge >= 0.3 is 0 Å². The molecule has 0 N–H and O–H groups in total. The van der Waals surface area contributed by atoms with Crippen molar-refractivity contribution < 1.29 is 9.47 Å². The Morgan fingerprint density at radius 3 is 2.87 bits per heavy atom. The minimum atomic E-state index is 0.302. The van der Waals surface area contributed by atoms with Crippen molar-refractivity contribution in [2.45, 2.75) is 25.2 Å². The number of aromatic nitrogens is 4. The number of ether oxygens (including phenoxy) is 2. The summed E-state index contributed by atoms with van der Waals surface area (Å²) in [7, 11) is 2.13. The minimum Gasteiger partial charge on any atom is -0.472 e. The Labute approximate surface area is 175 Å². The third kappa shape index (κ3) is 3.12. The molecule has 3 aromatic rings. The molecule has 0 spiro atoms. The third-order valence-electron chi connectivity index (χ3n) is 6.06. The number of nitrogens with zero attached hydrogens (tertiary/aromatic N) is 6. The lowest BCUT2D eigenvalue weighted by Gasteiger charge is -2.37. The van der Waals surface area contributed by atoms with Crippen LogP contribution in [0.2, 0.25) is 0 Å². The van der Waals surface area contributed by atoms with Gasteiger partial charge in [-0.15, -0.1) is 0 Å². The monoisotopic (exact) mass is 404 g/mol. The van der Waals surface area contributed by atoms with Crippen molar-refractivity contribution in [1.82, 2.24) is 24.6 Å². The first-order valence-corrected chi connectivity index (χ1v) is 10.4. The Bertz CT molecular complexity index is 1060. The molecule has 2 saturated heterocycles. The zero-order valence-corrected chi connectivity index (χ0v) is 16.9. The van der Waals surface area contributed by atoms with Gasteiger partial charge in [0.15, 0.2) is 0 Å². The fraction of sp³-hybridized carbons (Fsp3) is 0.409. The first kappa shape index (κ1) is 17.9. The van der Waals surface area contributed by atoms with Crippen molar-refractivity contribution in [3.8, 4) is 22.8 Å². The first-order chi connectivity index (χ1) is 14.7. The molecule has 0 amide bonds. The minimum absolute atomic E-state index is 0.302.